The lowest BCUT2D eigenvalue weighted by Gasteiger charge is -2.27. The summed E-state index contributed by atoms with van der Waals surface area (Å²) in [6.45, 7) is 4.87. The zero-order chi connectivity index (χ0) is 12.3. The van der Waals surface area contributed by atoms with Crippen LogP contribution in [0.5, 0.6) is 0 Å². The molecular formula is C12H19N3OS. The fourth-order valence-electron chi connectivity index (χ4n) is 2.23. The summed E-state index contributed by atoms with van der Waals surface area (Å²) in [6, 6.07) is 0. The maximum atomic E-state index is 12.2. The van der Waals surface area contributed by atoms with Crippen LogP contribution >= 0.6 is 11.3 Å². The number of carbonyl (C=O) groups is 1. The number of amides is 1. The molecule has 1 aromatic heterocycles. The number of nitrogens with one attached hydrogen (secondary N) is 1. The van der Waals surface area contributed by atoms with Gasteiger partial charge in [0.15, 0.2) is 0 Å². The van der Waals surface area contributed by atoms with Gasteiger partial charge in [0.2, 0.25) is 0 Å². The molecule has 2 heterocycles. The molecule has 1 aliphatic heterocycles. The number of carbonyl (C=O) groups excluding carboxylic acids is 1. The Morgan fingerprint density at radius 3 is 3.12 bits per heavy atom. The average molecular weight is 253 g/mol. The molecule has 1 aromatic rings. The van der Waals surface area contributed by atoms with E-state index in [2.05, 4.69) is 10.3 Å². The maximum absolute atomic E-state index is 12.2. The number of nitrogens with zero attached hydrogens (tertiary/aromatic N) is 2. The number of hydrogen-bond acceptors (Lipinski definition) is 4. The van der Waals surface area contributed by atoms with Crippen LogP contribution in [0.1, 0.15) is 28.2 Å². The Kier molecular flexibility index (Phi) is 4.12. The van der Waals surface area contributed by atoms with Crippen LogP contribution < -0.4 is 5.32 Å². The van der Waals surface area contributed by atoms with Crippen molar-refractivity contribution in [1.82, 2.24) is 15.2 Å². The molecule has 1 aliphatic rings. The molecule has 0 saturated carbocycles. The van der Waals surface area contributed by atoms with Gasteiger partial charge >= 0.3 is 0 Å². The largest absolute Gasteiger partial charge is 0.341 e. The van der Waals surface area contributed by atoms with Crippen molar-refractivity contribution in [2.75, 3.05) is 26.7 Å². The minimum absolute atomic E-state index is 0.107. The first kappa shape index (κ1) is 12.5. The number of piperidine rings is 1. The predicted octanol–water partition coefficient (Wildman–Crippen LogP) is 1.52. The number of aromatic nitrogens is 1. The van der Waals surface area contributed by atoms with Gasteiger partial charge in [0.05, 0.1) is 11.2 Å². The van der Waals surface area contributed by atoms with E-state index < -0.39 is 0 Å². The van der Waals surface area contributed by atoms with Crippen LogP contribution in [-0.2, 0) is 0 Å². The molecule has 1 amide bonds. The molecule has 1 unspecified atom stereocenters. The summed E-state index contributed by atoms with van der Waals surface area (Å²) in [4.78, 5) is 18.9. The number of thiazole rings is 1. The summed E-state index contributed by atoms with van der Waals surface area (Å²) in [6.07, 6.45) is 2.43. The number of hydrogen-bond donors (Lipinski definition) is 1. The molecule has 0 spiro atoms. The minimum Gasteiger partial charge on any atom is -0.341 e. The van der Waals surface area contributed by atoms with Crippen LogP contribution in [0.4, 0.5) is 0 Å². The van der Waals surface area contributed by atoms with Crippen LogP contribution in [0.25, 0.3) is 0 Å². The van der Waals surface area contributed by atoms with Gasteiger partial charge in [-0.25, -0.2) is 4.98 Å². The zero-order valence-corrected chi connectivity index (χ0v) is 11.2. The third-order valence-corrected chi connectivity index (χ3v) is 4.13. The van der Waals surface area contributed by atoms with Crippen LogP contribution in [0.15, 0.2) is 5.51 Å². The first-order valence-electron chi connectivity index (χ1n) is 6.04. The van der Waals surface area contributed by atoms with Crippen molar-refractivity contribution in [2.24, 2.45) is 5.92 Å². The van der Waals surface area contributed by atoms with Gasteiger partial charge in [-0.15, -0.1) is 11.3 Å². The van der Waals surface area contributed by atoms with E-state index in [0.29, 0.717) is 5.92 Å². The Morgan fingerprint density at radius 1 is 1.71 bits per heavy atom. The first-order valence-corrected chi connectivity index (χ1v) is 6.92. The van der Waals surface area contributed by atoms with E-state index >= 15 is 0 Å². The van der Waals surface area contributed by atoms with Crippen molar-refractivity contribution in [3.05, 3.63) is 16.1 Å². The van der Waals surface area contributed by atoms with Crippen LogP contribution in [-0.4, -0.2) is 42.5 Å². The highest BCUT2D eigenvalue weighted by molar-refractivity contribution is 7.11. The van der Waals surface area contributed by atoms with Crippen molar-refractivity contribution in [2.45, 2.75) is 19.8 Å². The van der Waals surface area contributed by atoms with E-state index in [1.807, 2.05) is 18.9 Å². The van der Waals surface area contributed by atoms with Crippen molar-refractivity contribution in [1.29, 1.82) is 0 Å². The van der Waals surface area contributed by atoms with E-state index in [4.69, 9.17) is 0 Å². The van der Waals surface area contributed by atoms with E-state index in [-0.39, 0.29) is 5.91 Å². The number of aryl methyl sites for hydroxylation is 1. The molecular weight excluding hydrogens is 234 g/mol. The van der Waals surface area contributed by atoms with Crippen LogP contribution in [0.2, 0.25) is 0 Å². The van der Waals surface area contributed by atoms with Gasteiger partial charge in [-0.2, -0.15) is 0 Å². The topological polar surface area (TPSA) is 45.2 Å². The summed E-state index contributed by atoms with van der Waals surface area (Å²) >= 11 is 1.43. The van der Waals surface area contributed by atoms with E-state index in [9.17, 15) is 4.79 Å². The molecule has 0 radical (unpaired) electrons. The van der Waals surface area contributed by atoms with Gasteiger partial charge in [-0.3, -0.25) is 4.79 Å². The maximum Gasteiger partial charge on any atom is 0.265 e. The molecule has 17 heavy (non-hydrogen) atoms. The third-order valence-electron chi connectivity index (χ3n) is 3.22. The summed E-state index contributed by atoms with van der Waals surface area (Å²) < 4.78 is 0. The van der Waals surface area contributed by atoms with Crippen molar-refractivity contribution in [3.63, 3.8) is 0 Å². The second kappa shape index (κ2) is 5.60. The van der Waals surface area contributed by atoms with Crippen molar-refractivity contribution in [3.8, 4) is 0 Å². The standard InChI is InChI=1S/C12H19N3OS/c1-9-11(17-8-14-9)12(16)15(2)7-10-4-3-5-13-6-10/h8,10,13H,3-7H2,1-2H3. The SMILES string of the molecule is Cc1ncsc1C(=O)N(C)CC1CCCNC1. The van der Waals surface area contributed by atoms with E-state index in [1.165, 1.54) is 24.2 Å². The molecule has 0 aliphatic carbocycles. The molecule has 0 bridgehead atoms. The summed E-state index contributed by atoms with van der Waals surface area (Å²) in [5.74, 6) is 0.696. The normalized spacial score (nSPS) is 20.2. The third kappa shape index (κ3) is 3.04. The molecule has 5 heteroatoms. The Hall–Kier alpha value is -0.940. The predicted molar refractivity (Wildman–Crippen MR) is 69.4 cm³/mol. The summed E-state index contributed by atoms with van der Waals surface area (Å²) in [5.41, 5.74) is 2.58. The molecule has 1 N–H and O–H groups in total. The monoisotopic (exact) mass is 253 g/mol. The van der Waals surface area contributed by atoms with Crippen LogP contribution in [0.3, 0.4) is 0 Å². The van der Waals surface area contributed by atoms with Gasteiger partial charge in [-0.1, -0.05) is 0 Å². The lowest BCUT2D eigenvalue weighted by Crippen LogP contribution is -2.39. The van der Waals surface area contributed by atoms with Gasteiger partial charge in [0.25, 0.3) is 5.91 Å². The second-order valence-electron chi connectivity index (χ2n) is 4.66. The van der Waals surface area contributed by atoms with Crippen LogP contribution in [0, 0.1) is 12.8 Å². The Balaban J connectivity index is 1.93. The molecule has 4 nitrogen and oxygen atoms in total. The Morgan fingerprint density at radius 2 is 2.53 bits per heavy atom. The van der Waals surface area contributed by atoms with Gasteiger partial charge in [0.1, 0.15) is 4.88 Å². The lowest BCUT2D eigenvalue weighted by molar-refractivity contribution is 0.0768. The Labute approximate surface area is 106 Å². The zero-order valence-electron chi connectivity index (χ0n) is 10.4. The van der Waals surface area contributed by atoms with Gasteiger partial charge < -0.3 is 10.2 Å². The smallest absolute Gasteiger partial charge is 0.265 e. The van der Waals surface area contributed by atoms with Gasteiger partial charge in [-0.05, 0) is 38.8 Å². The van der Waals surface area contributed by atoms with E-state index in [0.717, 1.165) is 30.2 Å². The highest BCUT2D eigenvalue weighted by atomic mass is 32.1. The Bertz CT molecular complexity index is 385. The summed E-state index contributed by atoms with van der Waals surface area (Å²) in [5, 5.41) is 3.38. The first-order chi connectivity index (χ1) is 8.18. The highest BCUT2D eigenvalue weighted by Crippen LogP contribution is 2.17. The molecule has 1 saturated heterocycles. The molecule has 1 fully saturated rings. The lowest BCUT2D eigenvalue weighted by atomic mass is 9.99. The molecule has 1 atom stereocenters. The highest BCUT2D eigenvalue weighted by Gasteiger charge is 2.21. The van der Waals surface area contributed by atoms with Crippen molar-refractivity contribution >= 4 is 17.2 Å². The molecule has 2 rings (SSSR count). The fraction of sp³-hybridized carbons (Fsp3) is 0.667. The second-order valence-corrected chi connectivity index (χ2v) is 5.52. The number of rotatable bonds is 3. The average Bonchev–Trinajstić information content (AvgIpc) is 2.76. The van der Waals surface area contributed by atoms with E-state index in [1.54, 1.807) is 5.51 Å². The minimum atomic E-state index is 0.107. The molecule has 0 aromatic carbocycles. The summed E-state index contributed by atoms with van der Waals surface area (Å²) in [7, 11) is 1.89. The van der Waals surface area contributed by atoms with Crippen molar-refractivity contribution < 1.29 is 4.79 Å². The quantitative estimate of drug-likeness (QED) is 0.888. The van der Waals surface area contributed by atoms with Gasteiger partial charge in [0, 0.05) is 13.6 Å². The fourth-order valence-corrected chi connectivity index (χ4v) is 3.03. The molecule has 94 valence electrons.